The van der Waals surface area contributed by atoms with Gasteiger partial charge in [-0.15, -0.1) is 0 Å². The van der Waals surface area contributed by atoms with Crippen molar-refractivity contribution in [1.82, 2.24) is 4.72 Å². The minimum atomic E-state index is -3.25. The van der Waals surface area contributed by atoms with Crippen LogP contribution in [0.2, 0.25) is 0 Å². The quantitative estimate of drug-likeness (QED) is 0.600. The zero-order chi connectivity index (χ0) is 11.2. The van der Waals surface area contributed by atoms with E-state index in [0.29, 0.717) is 12.2 Å². The number of hydrogen-bond donors (Lipinski definition) is 2. The zero-order valence-electron chi connectivity index (χ0n) is 8.52. The summed E-state index contributed by atoms with van der Waals surface area (Å²) in [7, 11) is -4.13. The molecule has 0 aromatic carbocycles. The summed E-state index contributed by atoms with van der Waals surface area (Å²) >= 11 is 0. The van der Waals surface area contributed by atoms with Gasteiger partial charge in [-0.25, -0.2) is 13.1 Å². The molecule has 2 atom stereocenters. The molecule has 7 heteroatoms. The average molecular weight is 242 g/mol. The molecule has 2 unspecified atom stereocenters. The fraction of sp³-hybridized carbons (Fsp3) is 1.00. The van der Waals surface area contributed by atoms with Crippen molar-refractivity contribution in [2.75, 3.05) is 24.3 Å². The predicted octanol–water partition coefficient (Wildman–Crippen LogP) is -0.978. The van der Waals surface area contributed by atoms with Crippen LogP contribution in [0.1, 0.15) is 13.3 Å². The van der Waals surface area contributed by atoms with E-state index in [1.54, 1.807) is 13.2 Å². The van der Waals surface area contributed by atoms with E-state index in [9.17, 15) is 12.6 Å². The number of rotatable bonds is 7. The summed E-state index contributed by atoms with van der Waals surface area (Å²) in [6.45, 7) is 1.86. The second-order valence-corrected chi connectivity index (χ2v) is 6.62. The molecule has 0 bridgehead atoms. The first-order valence-electron chi connectivity index (χ1n) is 4.37. The van der Waals surface area contributed by atoms with Gasteiger partial charge in [0, 0.05) is 35.4 Å². The highest BCUT2D eigenvalue weighted by Crippen LogP contribution is 1.95. The number of hydrogen-bond acceptors (Lipinski definition) is 4. The maximum Gasteiger partial charge on any atom is 0.213 e. The Morgan fingerprint density at radius 2 is 2.07 bits per heavy atom. The molecule has 0 spiro atoms. The average Bonchev–Trinajstić information content (AvgIpc) is 1.99. The molecule has 14 heavy (non-hydrogen) atoms. The minimum Gasteiger partial charge on any atom is -0.329 e. The first-order valence-corrected chi connectivity index (χ1v) is 7.75. The Kier molecular flexibility index (Phi) is 6.50. The lowest BCUT2D eigenvalue weighted by Gasteiger charge is -2.12. The fourth-order valence-corrected chi connectivity index (χ4v) is 2.77. The largest absolute Gasteiger partial charge is 0.329 e. The highest BCUT2D eigenvalue weighted by atomic mass is 32.2. The van der Waals surface area contributed by atoms with Gasteiger partial charge in [0.2, 0.25) is 10.0 Å². The van der Waals surface area contributed by atoms with Gasteiger partial charge in [-0.1, -0.05) is 0 Å². The Morgan fingerprint density at radius 3 is 2.50 bits per heavy atom. The third-order valence-electron chi connectivity index (χ3n) is 1.61. The van der Waals surface area contributed by atoms with E-state index in [-0.39, 0.29) is 18.3 Å². The van der Waals surface area contributed by atoms with Crippen LogP contribution in [0.25, 0.3) is 0 Å². The van der Waals surface area contributed by atoms with Crippen molar-refractivity contribution in [3.05, 3.63) is 0 Å². The molecular formula is C7H18N2O3S2. The normalized spacial score (nSPS) is 16.5. The molecule has 0 saturated heterocycles. The van der Waals surface area contributed by atoms with Gasteiger partial charge in [0.15, 0.2) is 0 Å². The second kappa shape index (κ2) is 6.49. The molecule has 0 aliphatic heterocycles. The van der Waals surface area contributed by atoms with Crippen molar-refractivity contribution >= 4 is 20.8 Å². The van der Waals surface area contributed by atoms with Crippen LogP contribution in [-0.2, 0) is 20.8 Å². The smallest absolute Gasteiger partial charge is 0.213 e. The van der Waals surface area contributed by atoms with Crippen LogP contribution in [0.4, 0.5) is 0 Å². The number of nitrogens with two attached hydrogens (primary N) is 1. The van der Waals surface area contributed by atoms with Gasteiger partial charge in [0.25, 0.3) is 0 Å². The van der Waals surface area contributed by atoms with Crippen LogP contribution >= 0.6 is 0 Å². The summed E-state index contributed by atoms with van der Waals surface area (Å²) in [4.78, 5) is 0. The van der Waals surface area contributed by atoms with Gasteiger partial charge in [-0.2, -0.15) is 0 Å². The molecule has 0 saturated carbocycles. The molecule has 0 fully saturated rings. The molecule has 5 nitrogen and oxygen atoms in total. The van der Waals surface area contributed by atoms with Crippen molar-refractivity contribution in [3.8, 4) is 0 Å². The van der Waals surface area contributed by atoms with E-state index in [4.69, 9.17) is 5.73 Å². The summed E-state index contributed by atoms with van der Waals surface area (Å²) < 4.78 is 35.7. The van der Waals surface area contributed by atoms with Crippen molar-refractivity contribution in [3.63, 3.8) is 0 Å². The molecule has 0 heterocycles. The first-order chi connectivity index (χ1) is 6.37. The predicted molar refractivity (Wildman–Crippen MR) is 59.0 cm³/mol. The monoisotopic (exact) mass is 242 g/mol. The first kappa shape index (κ1) is 14.0. The molecule has 0 radical (unpaired) electrons. The van der Waals surface area contributed by atoms with Crippen LogP contribution in [0, 0.1) is 0 Å². The minimum absolute atomic E-state index is 0.0629. The van der Waals surface area contributed by atoms with E-state index in [1.165, 1.54) is 0 Å². The molecule has 0 amide bonds. The third-order valence-corrected chi connectivity index (χ3v) is 3.95. The highest BCUT2D eigenvalue weighted by Gasteiger charge is 2.13. The van der Waals surface area contributed by atoms with E-state index in [1.807, 2.05) is 0 Å². The van der Waals surface area contributed by atoms with E-state index < -0.39 is 20.8 Å². The lowest BCUT2D eigenvalue weighted by Crippen LogP contribution is -2.37. The van der Waals surface area contributed by atoms with E-state index in [2.05, 4.69) is 4.72 Å². The molecule has 0 rings (SSSR count). The Balaban J connectivity index is 3.93. The van der Waals surface area contributed by atoms with Gasteiger partial charge in [0.1, 0.15) is 0 Å². The Bertz CT molecular complexity index is 277. The summed E-state index contributed by atoms with van der Waals surface area (Å²) in [5.41, 5.74) is 5.14. The van der Waals surface area contributed by atoms with Gasteiger partial charge in [0.05, 0.1) is 5.75 Å². The van der Waals surface area contributed by atoms with Gasteiger partial charge in [-0.3, -0.25) is 4.21 Å². The second-order valence-electron chi connectivity index (χ2n) is 3.19. The van der Waals surface area contributed by atoms with Crippen molar-refractivity contribution < 1.29 is 12.6 Å². The molecule has 3 N–H and O–H groups in total. The van der Waals surface area contributed by atoms with Crippen molar-refractivity contribution in [2.24, 2.45) is 5.73 Å². The number of nitrogens with one attached hydrogen (secondary N) is 1. The number of sulfonamides is 1. The molecular weight excluding hydrogens is 224 g/mol. The lowest BCUT2D eigenvalue weighted by molar-refractivity contribution is 0.555. The van der Waals surface area contributed by atoms with Crippen LogP contribution in [-0.4, -0.2) is 43.0 Å². The third kappa shape index (κ3) is 7.43. The summed E-state index contributed by atoms with van der Waals surface area (Å²) in [6, 6.07) is -0.185. The Hall–Kier alpha value is 0.0200. The van der Waals surface area contributed by atoms with Crippen LogP contribution in [0.5, 0.6) is 0 Å². The van der Waals surface area contributed by atoms with E-state index in [0.717, 1.165) is 0 Å². The van der Waals surface area contributed by atoms with E-state index >= 15 is 0 Å². The highest BCUT2D eigenvalue weighted by molar-refractivity contribution is 7.89. The maximum absolute atomic E-state index is 11.2. The summed E-state index contributed by atoms with van der Waals surface area (Å²) in [5, 5.41) is 0. The fourth-order valence-electron chi connectivity index (χ4n) is 0.922. The summed E-state index contributed by atoms with van der Waals surface area (Å²) in [5.74, 6) is 0.443. The van der Waals surface area contributed by atoms with Crippen molar-refractivity contribution in [2.45, 2.75) is 19.4 Å². The standard InChI is InChI=1S/C7H18N2O3S2/c1-7(3-5-13(2)10)9-14(11,12)6-4-8/h7,9H,3-6,8H2,1-2H3. The van der Waals surface area contributed by atoms with Crippen LogP contribution in [0.15, 0.2) is 0 Å². The lowest BCUT2D eigenvalue weighted by atomic mass is 10.3. The molecule has 0 aromatic rings. The van der Waals surface area contributed by atoms with Crippen molar-refractivity contribution in [1.29, 1.82) is 0 Å². The molecule has 0 aromatic heterocycles. The summed E-state index contributed by atoms with van der Waals surface area (Å²) in [6.07, 6.45) is 2.17. The Labute approximate surface area is 88.0 Å². The van der Waals surface area contributed by atoms with Gasteiger partial charge in [-0.05, 0) is 13.3 Å². The SMILES string of the molecule is CC(CCS(C)=O)NS(=O)(=O)CCN. The maximum atomic E-state index is 11.2. The molecule has 86 valence electrons. The van der Waals surface area contributed by atoms with Crippen LogP contribution in [0.3, 0.4) is 0 Å². The Morgan fingerprint density at radius 1 is 1.50 bits per heavy atom. The zero-order valence-corrected chi connectivity index (χ0v) is 10.2. The van der Waals surface area contributed by atoms with Gasteiger partial charge < -0.3 is 5.73 Å². The van der Waals surface area contributed by atoms with Crippen LogP contribution < -0.4 is 10.5 Å². The molecule has 0 aliphatic carbocycles. The van der Waals surface area contributed by atoms with Gasteiger partial charge >= 0.3 is 0 Å². The topological polar surface area (TPSA) is 89.3 Å². The molecule has 0 aliphatic rings.